The number of ether oxygens (including phenoxy) is 1. The Labute approximate surface area is 136 Å². The molecule has 1 unspecified atom stereocenters. The zero-order chi connectivity index (χ0) is 16.2. The third-order valence-electron chi connectivity index (χ3n) is 3.49. The van der Waals surface area contributed by atoms with Gasteiger partial charge in [-0.3, -0.25) is 0 Å². The average Bonchev–Trinajstić information content (AvgIpc) is 2.97. The number of carbonyl (C=O) groups is 1. The molecule has 0 aliphatic carbocycles. The lowest BCUT2D eigenvalue weighted by Crippen LogP contribution is -2.40. The molecule has 1 aliphatic heterocycles. The number of thiazole rings is 1. The highest BCUT2D eigenvalue weighted by Crippen LogP contribution is 2.17. The van der Waals surface area contributed by atoms with Crippen molar-refractivity contribution in [3.05, 3.63) is 28.2 Å². The summed E-state index contributed by atoms with van der Waals surface area (Å²) in [6.07, 6.45) is 2.77. The molecule has 0 bridgehead atoms. The maximum Gasteiger partial charge on any atom is 0.410 e. The second-order valence-electron chi connectivity index (χ2n) is 6.55. The number of hydrogen-bond acceptors (Lipinski definition) is 5. The van der Waals surface area contributed by atoms with Crippen LogP contribution in [0.4, 0.5) is 4.79 Å². The van der Waals surface area contributed by atoms with Gasteiger partial charge < -0.3 is 15.0 Å². The Balaban J connectivity index is 1.78. The molecule has 0 saturated heterocycles. The first-order chi connectivity index (χ1) is 10.3. The van der Waals surface area contributed by atoms with Crippen LogP contribution in [0.3, 0.4) is 0 Å². The van der Waals surface area contributed by atoms with Crippen molar-refractivity contribution in [2.45, 2.75) is 45.8 Å². The van der Waals surface area contributed by atoms with Crippen molar-refractivity contribution in [3.63, 3.8) is 0 Å². The highest BCUT2D eigenvalue weighted by atomic mass is 32.1. The fraction of sp³-hybridized carbons (Fsp3) is 0.625. The van der Waals surface area contributed by atoms with Crippen LogP contribution in [0.15, 0.2) is 22.5 Å². The third kappa shape index (κ3) is 5.10. The predicted octanol–water partition coefficient (Wildman–Crippen LogP) is 3.36. The minimum absolute atomic E-state index is 0.230. The van der Waals surface area contributed by atoms with Gasteiger partial charge in [-0.1, -0.05) is 11.6 Å². The number of nitrogens with one attached hydrogen (secondary N) is 1. The molecule has 0 spiro atoms. The predicted molar refractivity (Wildman–Crippen MR) is 89.0 cm³/mol. The summed E-state index contributed by atoms with van der Waals surface area (Å²) in [5.41, 5.74) is 3.83. The lowest BCUT2D eigenvalue weighted by molar-refractivity contribution is 0.0265. The topological polar surface area (TPSA) is 54.5 Å². The fourth-order valence-corrected chi connectivity index (χ4v) is 2.84. The van der Waals surface area contributed by atoms with Crippen molar-refractivity contribution in [1.82, 2.24) is 15.2 Å². The molecule has 1 aromatic heterocycles. The highest BCUT2D eigenvalue weighted by Gasteiger charge is 2.23. The second kappa shape index (κ2) is 7.24. The van der Waals surface area contributed by atoms with Crippen LogP contribution in [-0.2, 0) is 4.74 Å². The van der Waals surface area contributed by atoms with Crippen LogP contribution < -0.4 is 5.32 Å². The first kappa shape index (κ1) is 17.0. The van der Waals surface area contributed by atoms with E-state index in [1.807, 2.05) is 26.3 Å². The molecule has 0 aromatic carbocycles. The molecule has 0 fully saturated rings. The summed E-state index contributed by atoms with van der Waals surface area (Å²) in [5.74, 6) is 0. The minimum atomic E-state index is -0.439. The van der Waals surface area contributed by atoms with Gasteiger partial charge >= 0.3 is 6.09 Å². The lowest BCUT2D eigenvalue weighted by Gasteiger charge is -2.29. The van der Waals surface area contributed by atoms with Crippen molar-refractivity contribution >= 4 is 17.4 Å². The highest BCUT2D eigenvalue weighted by molar-refractivity contribution is 7.07. The quantitative estimate of drug-likeness (QED) is 0.863. The van der Waals surface area contributed by atoms with Crippen LogP contribution in [-0.4, -0.2) is 41.2 Å². The second-order valence-corrected chi connectivity index (χ2v) is 7.27. The average molecular weight is 323 g/mol. The molecule has 22 heavy (non-hydrogen) atoms. The van der Waals surface area contributed by atoms with E-state index in [1.54, 1.807) is 16.2 Å². The van der Waals surface area contributed by atoms with E-state index < -0.39 is 5.60 Å². The Morgan fingerprint density at radius 2 is 2.32 bits per heavy atom. The maximum absolute atomic E-state index is 12.0. The van der Waals surface area contributed by atoms with E-state index in [9.17, 15) is 4.79 Å². The van der Waals surface area contributed by atoms with Crippen molar-refractivity contribution in [2.75, 3.05) is 19.6 Å². The van der Waals surface area contributed by atoms with Gasteiger partial charge in [0.15, 0.2) is 0 Å². The molecule has 6 heteroatoms. The SMILES string of the molecule is CC(NCC1=CCN(C(=O)OC(C)(C)C)CC1)c1cscn1. The number of carbonyl (C=O) groups excluding carboxylic acids is 1. The summed E-state index contributed by atoms with van der Waals surface area (Å²) in [7, 11) is 0. The summed E-state index contributed by atoms with van der Waals surface area (Å²) >= 11 is 1.61. The van der Waals surface area contributed by atoms with Gasteiger partial charge in [0, 0.05) is 31.1 Å². The molecular formula is C16H25N3O2S. The van der Waals surface area contributed by atoms with Crippen LogP contribution >= 0.6 is 11.3 Å². The summed E-state index contributed by atoms with van der Waals surface area (Å²) in [4.78, 5) is 18.1. The first-order valence-electron chi connectivity index (χ1n) is 7.62. The van der Waals surface area contributed by atoms with Crippen LogP contribution in [0.2, 0.25) is 0 Å². The number of aromatic nitrogens is 1. The molecular weight excluding hydrogens is 298 g/mol. The third-order valence-corrected chi connectivity index (χ3v) is 4.09. The van der Waals surface area contributed by atoms with Crippen LogP contribution in [0, 0.1) is 0 Å². The summed E-state index contributed by atoms with van der Waals surface area (Å²) in [6, 6.07) is 0.246. The molecule has 1 aliphatic rings. The zero-order valence-electron chi connectivity index (χ0n) is 13.8. The summed E-state index contributed by atoms with van der Waals surface area (Å²) in [5, 5.41) is 5.54. The molecule has 1 atom stereocenters. The van der Waals surface area contributed by atoms with Gasteiger partial charge in [0.05, 0.1) is 11.2 Å². The van der Waals surface area contributed by atoms with E-state index in [0.29, 0.717) is 13.1 Å². The van der Waals surface area contributed by atoms with Crippen LogP contribution in [0.1, 0.15) is 45.9 Å². The zero-order valence-corrected chi connectivity index (χ0v) is 14.6. The van der Waals surface area contributed by atoms with Gasteiger partial charge in [-0.15, -0.1) is 11.3 Å². The van der Waals surface area contributed by atoms with E-state index in [4.69, 9.17) is 4.74 Å². The van der Waals surface area contributed by atoms with Crippen molar-refractivity contribution in [3.8, 4) is 0 Å². The van der Waals surface area contributed by atoms with E-state index in [2.05, 4.69) is 28.7 Å². The van der Waals surface area contributed by atoms with E-state index in [-0.39, 0.29) is 12.1 Å². The monoisotopic (exact) mass is 323 g/mol. The largest absolute Gasteiger partial charge is 0.444 e. The molecule has 2 rings (SSSR count). The normalized spacial score (nSPS) is 17.1. The molecule has 122 valence electrons. The van der Waals surface area contributed by atoms with Crippen LogP contribution in [0.5, 0.6) is 0 Å². The smallest absolute Gasteiger partial charge is 0.410 e. The molecule has 1 N–H and O–H groups in total. The molecule has 1 aromatic rings. The molecule has 2 heterocycles. The van der Waals surface area contributed by atoms with Gasteiger partial charge in [-0.25, -0.2) is 9.78 Å². The molecule has 0 radical (unpaired) electrons. The van der Waals surface area contributed by atoms with Gasteiger partial charge in [-0.2, -0.15) is 0 Å². The lowest BCUT2D eigenvalue weighted by atomic mass is 10.1. The van der Waals surface area contributed by atoms with Crippen LogP contribution in [0.25, 0.3) is 0 Å². The number of amides is 1. The van der Waals surface area contributed by atoms with Crippen molar-refractivity contribution < 1.29 is 9.53 Å². The summed E-state index contributed by atoms with van der Waals surface area (Å²) in [6.45, 7) is 9.95. The van der Waals surface area contributed by atoms with Gasteiger partial charge in [0.2, 0.25) is 0 Å². The van der Waals surface area contributed by atoms with Crippen molar-refractivity contribution in [1.29, 1.82) is 0 Å². The fourth-order valence-electron chi connectivity index (χ4n) is 2.19. The van der Waals surface area contributed by atoms with E-state index in [1.165, 1.54) is 5.57 Å². The Morgan fingerprint density at radius 3 is 2.86 bits per heavy atom. The Hall–Kier alpha value is -1.40. The molecule has 5 nitrogen and oxygen atoms in total. The van der Waals surface area contributed by atoms with E-state index >= 15 is 0 Å². The number of nitrogens with zero attached hydrogens (tertiary/aromatic N) is 2. The molecule has 1 amide bonds. The standard InChI is InChI=1S/C16H25N3O2S/c1-12(14-10-22-11-18-14)17-9-13-5-7-19(8-6-13)15(20)21-16(2,3)4/h5,10-12,17H,6-9H2,1-4H3. The first-order valence-corrected chi connectivity index (χ1v) is 8.57. The Bertz CT molecular complexity index is 520. The maximum atomic E-state index is 12.0. The Morgan fingerprint density at radius 1 is 1.55 bits per heavy atom. The van der Waals surface area contributed by atoms with Gasteiger partial charge in [0.1, 0.15) is 5.60 Å². The number of hydrogen-bond donors (Lipinski definition) is 1. The van der Waals surface area contributed by atoms with Gasteiger partial charge in [-0.05, 0) is 34.1 Å². The van der Waals surface area contributed by atoms with Gasteiger partial charge in [0.25, 0.3) is 0 Å². The Kier molecular flexibility index (Phi) is 5.58. The van der Waals surface area contributed by atoms with E-state index in [0.717, 1.165) is 18.7 Å². The molecule has 0 saturated carbocycles. The minimum Gasteiger partial charge on any atom is -0.444 e. The number of rotatable bonds is 4. The van der Waals surface area contributed by atoms with Crippen molar-refractivity contribution in [2.24, 2.45) is 0 Å². The summed E-state index contributed by atoms with van der Waals surface area (Å²) < 4.78 is 5.39.